The standard InChI is InChI=1S/C30H50O3Si/c1-27(2,3)34(7,8)33-23-11-15-28(4)22(19-23)9-10-26-25(28)12-16-29(5)24(21-14-18-32-20-21)13-17-30(26,29)31-6/h14,18,20,22-26H,9-13,15-17,19H2,1-8H3/t22-,23+,24-,25+,26-,28+,29-,30+/m1/s1. The van der Waals surface area contributed by atoms with E-state index in [1.807, 2.05) is 19.6 Å². The van der Waals surface area contributed by atoms with Gasteiger partial charge in [0.25, 0.3) is 0 Å². The lowest BCUT2D eigenvalue weighted by Gasteiger charge is -2.65. The first-order valence-corrected chi connectivity index (χ1v) is 17.0. The van der Waals surface area contributed by atoms with Crippen molar-refractivity contribution >= 4 is 8.32 Å². The molecule has 4 aliphatic carbocycles. The number of furan rings is 1. The molecule has 0 bridgehead atoms. The molecule has 4 aliphatic rings. The van der Waals surface area contributed by atoms with Crippen LogP contribution in [0.3, 0.4) is 0 Å². The second-order valence-electron chi connectivity index (χ2n) is 14.5. The second-order valence-corrected chi connectivity index (χ2v) is 19.2. The van der Waals surface area contributed by atoms with Gasteiger partial charge in [0.15, 0.2) is 8.32 Å². The summed E-state index contributed by atoms with van der Waals surface area (Å²) in [6, 6.07) is 2.20. The van der Waals surface area contributed by atoms with Gasteiger partial charge < -0.3 is 13.6 Å². The van der Waals surface area contributed by atoms with Gasteiger partial charge in [-0.15, -0.1) is 0 Å². The van der Waals surface area contributed by atoms with Crippen molar-refractivity contribution in [2.24, 2.45) is 28.6 Å². The summed E-state index contributed by atoms with van der Waals surface area (Å²) in [5.74, 6) is 2.84. The van der Waals surface area contributed by atoms with Gasteiger partial charge in [0, 0.05) is 18.6 Å². The van der Waals surface area contributed by atoms with Crippen LogP contribution in [0.15, 0.2) is 23.0 Å². The number of rotatable bonds is 4. The van der Waals surface area contributed by atoms with Crippen LogP contribution >= 0.6 is 0 Å². The first-order valence-electron chi connectivity index (χ1n) is 14.1. The number of hydrogen-bond donors (Lipinski definition) is 0. The average molecular weight is 487 g/mol. The summed E-state index contributed by atoms with van der Waals surface area (Å²) >= 11 is 0. The minimum atomic E-state index is -1.71. The Balaban J connectivity index is 1.38. The SMILES string of the molecule is CO[C@]12CC[C@H](c3ccoc3)[C@@]1(C)CC[C@H]1[C@H]2CC[C@@H]2C[C@@H](O[Si](C)(C)C(C)(C)C)CC[C@@]21C. The van der Waals surface area contributed by atoms with E-state index in [0.29, 0.717) is 23.4 Å². The normalized spacial score (nSPS) is 44.9. The van der Waals surface area contributed by atoms with E-state index in [4.69, 9.17) is 13.6 Å². The lowest BCUT2D eigenvalue weighted by atomic mass is 9.43. The minimum Gasteiger partial charge on any atom is -0.472 e. The van der Waals surface area contributed by atoms with Crippen LogP contribution in [-0.4, -0.2) is 27.1 Å². The van der Waals surface area contributed by atoms with Gasteiger partial charge in [-0.25, -0.2) is 0 Å². The second kappa shape index (κ2) is 8.21. The molecule has 5 rings (SSSR count). The molecular weight excluding hydrogens is 436 g/mol. The summed E-state index contributed by atoms with van der Waals surface area (Å²) in [6.07, 6.45) is 15.9. The minimum absolute atomic E-state index is 0.0142. The van der Waals surface area contributed by atoms with Crippen LogP contribution in [-0.2, 0) is 9.16 Å². The van der Waals surface area contributed by atoms with E-state index in [9.17, 15) is 0 Å². The maximum atomic E-state index is 6.96. The predicted octanol–water partition coefficient (Wildman–Crippen LogP) is 8.57. The van der Waals surface area contributed by atoms with E-state index in [-0.39, 0.29) is 16.1 Å². The monoisotopic (exact) mass is 486 g/mol. The molecule has 0 saturated heterocycles. The fraction of sp³-hybridized carbons (Fsp3) is 0.867. The molecular formula is C30H50O3Si. The Morgan fingerprint density at radius 3 is 2.38 bits per heavy atom. The molecule has 1 aromatic heterocycles. The molecule has 1 aromatic rings. The zero-order chi connectivity index (χ0) is 24.6. The van der Waals surface area contributed by atoms with Crippen LogP contribution < -0.4 is 0 Å². The van der Waals surface area contributed by atoms with Gasteiger partial charge in [0.1, 0.15) is 0 Å². The Bertz CT molecular complexity index is 872. The van der Waals surface area contributed by atoms with Crippen LogP contribution in [0.1, 0.15) is 104 Å². The van der Waals surface area contributed by atoms with E-state index in [1.54, 1.807) is 0 Å². The first-order chi connectivity index (χ1) is 15.9. The van der Waals surface area contributed by atoms with Crippen LogP contribution in [0.25, 0.3) is 0 Å². The predicted molar refractivity (Wildman–Crippen MR) is 141 cm³/mol. The van der Waals surface area contributed by atoms with E-state index < -0.39 is 8.32 Å². The summed E-state index contributed by atoms with van der Waals surface area (Å²) < 4.78 is 19.2. The van der Waals surface area contributed by atoms with Crippen molar-refractivity contribution in [1.29, 1.82) is 0 Å². The largest absolute Gasteiger partial charge is 0.472 e. The maximum absolute atomic E-state index is 6.96. The first kappa shape index (κ1) is 25.1. The molecule has 1 heterocycles. The Morgan fingerprint density at radius 2 is 1.74 bits per heavy atom. The number of methoxy groups -OCH3 is 1. The van der Waals surface area contributed by atoms with Gasteiger partial charge in [-0.3, -0.25) is 0 Å². The highest BCUT2D eigenvalue weighted by Gasteiger charge is 2.68. The summed E-state index contributed by atoms with van der Waals surface area (Å²) in [4.78, 5) is 0. The van der Waals surface area contributed by atoms with Crippen molar-refractivity contribution in [3.63, 3.8) is 0 Å². The van der Waals surface area contributed by atoms with Gasteiger partial charge in [-0.1, -0.05) is 34.6 Å². The molecule has 34 heavy (non-hydrogen) atoms. The highest BCUT2D eigenvalue weighted by molar-refractivity contribution is 6.74. The summed E-state index contributed by atoms with van der Waals surface area (Å²) in [5, 5.41) is 0.290. The van der Waals surface area contributed by atoms with Crippen LogP contribution in [0.5, 0.6) is 0 Å². The highest BCUT2D eigenvalue weighted by Crippen LogP contribution is 2.71. The van der Waals surface area contributed by atoms with E-state index in [0.717, 1.165) is 11.8 Å². The van der Waals surface area contributed by atoms with Crippen LogP contribution in [0, 0.1) is 28.6 Å². The molecule has 0 aliphatic heterocycles. The molecule has 4 saturated carbocycles. The maximum Gasteiger partial charge on any atom is 0.192 e. The molecule has 0 spiro atoms. The van der Waals surface area contributed by atoms with E-state index >= 15 is 0 Å². The van der Waals surface area contributed by atoms with Crippen LogP contribution in [0.2, 0.25) is 18.1 Å². The Kier molecular flexibility index (Phi) is 6.06. The van der Waals surface area contributed by atoms with Crippen molar-refractivity contribution in [3.05, 3.63) is 24.2 Å². The van der Waals surface area contributed by atoms with Gasteiger partial charge in [-0.05, 0) is 117 Å². The Hall–Kier alpha value is -0.583. The van der Waals surface area contributed by atoms with Crippen molar-refractivity contribution in [2.75, 3.05) is 7.11 Å². The molecule has 0 unspecified atom stereocenters. The third kappa shape index (κ3) is 3.48. The molecule has 4 fully saturated rings. The number of fused-ring (bicyclic) bond motifs is 5. The average Bonchev–Trinajstić information content (AvgIpc) is 3.38. The topological polar surface area (TPSA) is 31.6 Å². The highest BCUT2D eigenvalue weighted by atomic mass is 28.4. The summed E-state index contributed by atoms with van der Waals surface area (Å²) in [6.45, 7) is 17.2. The molecule has 0 aromatic carbocycles. The third-order valence-electron chi connectivity index (χ3n) is 12.3. The number of ether oxygens (including phenoxy) is 1. The zero-order valence-corrected chi connectivity index (χ0v) is 24.2. The molecule has 0 amide bonds. The quantitative estimate of drug-likeness (QED) is 0.399. The van der Waals surface area contributed by atoms with Gasteiger partial charge in [0.2, 0.25) is 0 Å². The molecule has 4 heteroatoms. The van der Waals surface area contributed by atoms with E-state index in [1.165, 1.54) is 63.4 Å². The molecule has 0 N–H and O–H groups in total. The lowest BCUT2D eigenvalue weighted by Crippen LogP contribution is -2.63. The Morgan fingerprint density at radius 1 is 0.971 bits per heavy atom. The molecule has 8 atom stereocenters. The summed E-state index contributed by atoms with van der Waals surface area (Å²) in [5.41, 5.74) is 2.05. The van der Waals surface area contributed by atoms with Gasteiger partial charge >= 0.3 is 0 Å². The molecule has 192 valence electrons. The fourth-order valence-corrected chi connectivity index (χ4v) is 10.8. The Labute approximate surface area is 209 Å². The number of hydrogen-bond acceptors (Lipinski definition) is 3. The third-order valence-corrected chi connectivity index (χ3v) is 16.9. The molecule has 0 radical (unpaired) electrons. The zero-order valence-electron chi connectivity index (χ0n) is 23.2. The van der Waals surface area contributed by atoms with Crippen molar-refractivity contribution in [2.45, 2.75) is 128 Å². The van der Waals surface area contributed by atoms with E-state index in [2.05, 4.69) is 53.8 Å². The smallest absolute Gasteiger partial charge is 0.192 e. The molecule has 3 nitrogen and oxygen atoms in total. The summed E-state index contributed by atoms with van der Waals surface area (Å²) in [7, 11) is 0.310. The van der Waals surface area contributed by atoms with Crippen LogP contribution in [0.4, 0.5) is 0 Å². The van der Waals surface area contributed by atoms with Crippen molar-refractivity contribution in [3.8, 4) is 0 Å². The lowest BCUT2D eigenvalue weighted by molar-refractivity contribution is -0.218. The van der Waals surface area contributed by atoms with Gasteiger partial charge in [-0.2, -0.15) is 0 Å². The van der Waals surface area contributed by atoms with Crippen molar-refractivity contribution in [1.82, 2.24) is 0 Å². The van der Waals surface area contributed by atoms with Crippen molar-refractivity contribution < 1.29 is 13.6 Å². The fourth-order valence-electron chi connectivity index (χ4n) is 9.35. The van der Waals surface area contributed by atoms with Gasteiger partial charge in [0.05, 0.1) is 18.1 Å².